The Labute approximate surface area is 128 Å². The Balaban J connectivity index is 1.73. The molecule has 22 heavy (non-hydrogen) atoms. The van der Waals surface area contributed by atoms with E-state index in [1.165, 1.54) is 0 Å². The molecule has 1 aromatic rings. The topological polar surface area (TPSA) is 86.3 Å². The summed E-state index contributed by atoms with van der Waals surface area (Å²) in [5.74, 6) is 1.17. The van der Waals surface area contributed by atoms with E-state index < -0.39 is 24.9 Å². The molecule has 0 aromatic heterocycles. The number of fused-ring (bicyclic) bond motifs is 3. The van der Waals surface area contributed by atoms with Gasteiger partial charge in [0.2, 0.25) is 6.79 Å². The highest BCUT2D eigenvalue weighted by molar-refractivity contribution is 6.62. The predicted molar refractivity (Wildman–Crippen MR) is 78.2 cm³/mol. The molecule has 3 rings (SSSR count). The van der Waals surface area contributed by atoms with E-state index >= 15 is 0 Å². The van der Waals surface area contributed by atoms with Gasteiger partial charge in [-0.05, 0) is 32.3 Å². The average Bonchev–Trinajstić information content (AvgIpc) is 2.98. The minimum atomic E-state index is -1.05. The Bertz CT molecular complexity index is 600. The lowest BCUT2D eigenvalue weighted by Crippen LogP contribution is -2.35. The van der Waals surface area contributed by atoms with Crippen LogP contribution < -0.4 is 20.3 Å². The summed E-state index contributed by atoms with van der Waals surface area (Å²) < 4.78 is 21.4. The van der Waals surface area contributed by atoms with Crippen molar-refractivity contribution >= 4 is 18.7 Å². The molecule has 118 valence electrons. The number of carbonyl (C=O) groups excluding carboxylic acids is 1. The number of rotatable bonds is 2. The lowest BCUT2D eigenvalue weighted by Gasteiger charge is -2.21. The highest BCUT2D eigenvalue weighted by Gasteiger charge is 2.40. The summed E-state index contributed by atoms with van der Waals surface area (Å²) in [7, 11) is -1.05. The van der Waals surface area contributed by atoms with Gasteiger partial charge in [0.05, 0.1) is 6.10 Å². The Morgan fingerprint density at radius 2 is 2.23 bits per heavy atom. The van der Waals surface area contributed by atoms with E-state index in [0.717, 1.165) is 0 Å². The molecule has 0 fully saturated rings. The first-order valence-electron chi connectivity index (χ1n) is 7.08. The van der Waals surface area contributed by atoms with Gasteiger partial charge < -0.3 is 29.2 Å². The number of alkyl carbamates (subject to hydrolysis) is 1. The normalized spacial score (nSPS) is 19.1. The van der Waals surface area contributed by atoms with Crippen molar-refractivity contribution in [2.75, 3.05) is 13.3 Å². The molecule has 0 saturated heterocycles. The maximum Gasteiger partial charge on any atom is 0.492 e. The maximum atomic E-state index is 11.7. The number of ether oxygens (including phenoxy) is 3. The predicted octanol–water partition coefficient (Wildman–Crippen LogP) is 0.699. The molecule has 2 aliphatic heterocycles. The largest absolute Gasteiger partial charge is 0.492 e. The Kier molecular flexibility index (Phi) is 3.66. The molecule has 0 aliphatic carbocycles. The third kappa shape index (κ3) is 2.84. The monoisotopic (exact) mass is 307 g/mol. The second-order valence-corrected chi connectivity index (χ2v) is 6.16. The first-order valence-corrected chi connectivity index (χ1v) is 7.08. The van der Waals surface area contributed by atoms with Gasteiger partial charge in [-0.3, -0.25) is 0 Å². The lowest BCUT2D eigenvalue weighted by atomic mass is 9.79. The van der Waals surface area contributed by atoms with Crippen LogP contribution in [-0.4, -0.2) is 37.2 Å². The number of carbonyl (C=O) groups is 1. The molecule has 1 atom stereocenters. The molecule has 1 amide bonds. The van der Waals surface area contributed by atoms with Crippen molar-refractivity contribution in [2.45, 2.75) is 32.5 Å². The van der Waals surface area contributed by atoms with Gasteiger partial charge in [-0.25, -0.2) is 4.79 Å². The Morgan fingerprint density at radius 1 is 1.45 bits per heavy atom. The molecule has 7 nitrogen and oxygen atoms in total. The zero-order chi connectivity index (χ0) is 15.9. The molecule has 8 heteroatoms. The van der Waals surface area contributed by atoms with Crippen LogP contribution in [0.15, 0.2) is 12.1 Å². The fourth-order valence-electron chi connectivity index (χ4n) is 2.49. The first-order chi connectivity index (χ1) is 10.3. The van der Waals surface area contributed by atoms with Crippen LogP contribution in [-0.2, 0) is 9.39 Å². The van der Waals surface area contributed by atoms with E-state index in [1.54, 1.807) is 32.9 Å². The minimum Gasteiger partial charge on any atom is -0.454 e. The van der Waals surface area contributed by atoms with E-state index in [4.69, 9.17) is 18.9 Å². The van der Waals surface area contributed by atoms with Crippen molar-refractivity contribution in [2.24, 2.45) is 0 Å². The molecule has 2 N–H and O–H groups in total. The standard InChI is InChI=1S/C14H18BNO6/c1-14(2,3)21-13(17)16-6-10-11-8(15(18)22-10)4-5-9-12(11)20-7-19-9/h4-5,10,18H,6-7H2,1-3H3,(H,16,17). The molecule has 0 saturated carbocycles. The number of amides is 1. The van der Waals surface area contributed by atoms with Crippen molar-refractivity contribution in [3.63, 3.8) is 0 Å². The molecular weight excluding hydrogens is 289 g/mol. The zero-order valence-corrected chi connectivity index (χ0v) is 12.7. The quantitative estimate of drug-likeness (QED) is 0.782. The zero-order valence-electron chi connectivity index (χ0n) is 12.7. The Hall–Kier alpha value is -1.93. The van der Waals surface area contributed by atoms with Gasteiger partial charge in [0.15, 0.2) is 11.5 Å². The molecule has 0 spiro atoms. The van der Waals surface area contributed by atoms with E-state index in [0.29, 0.717) is 22.5 Å². The molecular formula is C14H18BNO6. The first kappa shape index (κ1) is 15.0. The summed E-state index contributed by atoms with van der Waals surface area (Å²) in [6, 6.07) is 3.47. The van der Waals surface area contributed by atoms with Crippen LogP contribution in [0, 0.1) is 0 Å². The van der Waals surface area contributed by atoms with Gasteiger partial charge in [-0.1, -0.05) is 6.07 Å². The van der Waals surface area contributed by atoms with E-state index in [2.05, 4.69) is 5.32 Å². The molecule has 1 unspecified atom stereocenters. The number of nitrogens with one attached hydrogen (secondary N) is 1. The maximum absolute atomic E-state index is 11.7. The van der Waals surface area contributed by atoms with Crippen LogP contribution in [0.3, 0.4) is 0 Å². The molecule has 2 aliphatic rings. The van der Waals surface area contributed by atoms with E-state index in [1.807, 2.05) is 0 Å². The van der Waals surface area contributed by atoms with Gasteiger partial charge in [0.25, 0.3) is 0 Å². The van der Waals surface area contributed by atoms with Gasteiger partial charge in [0, 0.05) is 12.1 Å². The third-order valence-electron chi connectivity index (χ3n) is 3.32. The fourth-order valence-corrected chi connectivity index (χ4v) is 2.49. The smallest absolute Gasteiger partial charge is 0.454 e. The molecule has 1 aromatic carbocycles. The minimum absolute atomic E-state index is 0.133. The Morgan fingerprint density at radius 3 is 2.95 bits per heavy atom. The summed E-state index contributed by atoms with van der Waals surface area (Å²) in [4.78, 5) is 11.7. The van der Waals surface area contributed by atoms with Crippen molar-refractivity contribution in [1.29, 1.82) is 0 Å². The van der Waals surface area contributed by atoms with Crippen molar-refractivity contribution < 1.29 is 28.7 Å². The van der Waals surface area contributed by atoms with Crippen LogP contribution >= 0.6 is 0 Å². The second-order valence-electron chi connectivity index (χ2n) is 6.16. The van der Waals surface area contributed by atoms with E-state index in [-0.39, 0.29) is 13.3 Å². The van der Waals surface area contributed by atoms with Gasteiger partial charge in [-0.15, -0.1) is 0 Å². The summed E-state index contributed by atoms with van der Waals surface area (Å²) in [5.41, 5.74) is 0.759. The summed E-state index contributed by atoms with van der Waals surface area (Å²) >= 11 is 0. The molecule has 0 bridgehead atoms. The third-order valence-corrected chi connectivity index (χ3v) is 3.32. The van der Waals surface area contributed by atoms with Crippen molar-refractivity contribution in [3.05, 3.63) is 17.7 Å². The van der Waals surface area contributed by atoms with Gasteiger partial charge in [0.1, 0.15) is 5.60 Å². The van der Waals surface area contributed by atoms with Gasteiger partial charge >= 0.3 is 13.2 Å². The number of hydrogen-bond acceptors (Lipinski definition) is 6. The van der Waals surface area contributed by atoms with E-state index in [9.17, 15) is 9.82 Å². The highest BCUT2D eigenvalue weighted by Crippen LogP contribution is 2.41. The summed E-state index contributed by atoms with van der Waals surface area (Å²) in [6.07, 6.45) is -1.06. The summed E-state index contributed by atoms with van der Waals surface area (Å²) in [5, 5.41) is 12.6. The van der Waals surface area contributed by atoms with Crippen LogP contribution in [0.4, 0.5) is 4.79 Å². The average molecular weight is 307 g/mol. The van der Waals surface area contributed by atoms with Crippen LogP contribution in [0.25, 0.3) is 0 Å². The summed E-state index contributed by atoms with van der Waals surface area (Å²) in [6.45, 7) is 5.66. The number of benzene rings is 1. The van der Waals surface area contributed by atoms with Crippen LogP contribution in [0.5, 0.6) is 11.5 Å². The van der Waals surface area contributed by atoms with Crippen LogP contribution in [0.1, 0.15) is 32.4 Å². The van der Waals surface area contributed by atoms with Crippen molar-refractivity contribution in [3.8, 4) is 11.5 Å². The second kappa shape index (κ2) is 5.37. The molecule has 2 heterocycles. The van der Waals surface area contributed by atoms with Crippen molar-refractivity contribution in [1.82, 2.24) is 5.32 Å². The van der Waals surface area contributed by atoms with Gasteiger partial charge in [-0.2, -0.15) is 0 Å². The molecule has 0 radical (unpaired) electrons. The lowest BCUT2D eigenvalue weighted by molar-refractivity contribution is 0.0497. The van der Waals surface area contributed by atoms with Crippen LogP contribution in [0.2, 0.25) is 0 Å². The fraction of sp³-hybridized carbons (Fsp3) is 0.500. The number of hydrogen-bond donors (Lipinski definition) is 2. The SMILES string of the molecule is CC(C)(C)OC(=O)NCC1OB(O)c2ccc3c(c21)OCO3. The highest BCUT2D eigenvalue weighted by atomic mass is 16.7.